The molecule has 2 rings (SSSR count). The summed E-state index contributed by atoms with van der Waals surface area (Å²) in [5.74, 6) is -1.68. The standard InChI is InChI=1S/C20H27F3N4O4/c1-19(2,18(30)25-10-16(28)14-7-15(31-3)9-24-8-14)27-6-4-5-13(11-27)17(29)26-12-20(21,22)23/h7-9,13H,4-6,10-12H2,1-3H3,(H,25,30)(H,26,29)/t13-/m0/s1. The van der Waals surface area contributed by atoms with Crippen LogP contribution in [0.5, 0.6) is 5.75 Å². The number of pyridine rings is 1. The molecule has 0 saturated carbocycles. The number of aromatic nitrogens is 1. The third kappa shape index (κ3) is 6.91. The Morgan fingerprint density at radius 3 is 2.58 bits per heavy atom. The van der Waals surface area contributed by atoms with Gasteiger partial charge < -0.3 is 15.4 Å². The molecule has 1 saturated heterocycles. The molecule has 0 aromatic carbocycles. The van der Waals surface area contributed by atoms with Gasteiger partial charge in [-0.25, -0.2) is 0 Å². The predicted octanol–water partition coefficient (Wildman–Crippen LogP) is 1.56. The van der Waals surface area contributed by atoms with Crippen LogP contribution in [0.3, 0.4) is 0 Å². The third-order valence-electron chi connectivity index (χ3n) is 5.28. The van der Waals surface area contributed by atoms with E-state index in [-0.39, 0.29) is 24.4 Å². The fraction of sp³-hybridized carbons (Fsp3) is 0.600. The molecule has 1 atom stereocenters. The summed E-state index contributed by atoms with van der Waals surface area (Å²) in [5.41, 5.74) is -0.771. The van der Waals surface area contributed by atoms with E-state index in [1.165, 1.54) is 25.6 Å². The van der Waals surface area contributed by atoms with Crippen molar-refractivity contribution in [2.75, 3.05) is 33.3 Å². The van der Waals surface area contributed by atoms with E-state index in [9.17, 15) is 27.6 Å². The molecule has 0 aliphatic carbocycles. The number of hydrogen-bond acceptors (Lipinski definition) is 6. The first kappa shape index (κ1) is 24.6. The van der Waals surface area contributed by atoms with Crippen LogP contribution in [0.4, 0.5) is 13.2 Å². The number of rotatable bonds is 8. The SMILES string of the molecule is COc1cncc(C(=O)CNC(=O)C(C)(C)N2CCC[C@H](C(=O)NCC(F)(F)F)C2)c1. The highest BCUT2D eigenvalue weighted by molar-refractivity contribution is 6.00. The number of alkyl halides is 3. The van der Waals surface area contributed by atoms with Crippen molar-refractivity contribution >= 4 is 17.6 Å². The summed E-state index contributed by atoms with van der Waals surface area (Å²) in [6, 6.07) is 1.52. The van der Waals surface area contributed by atoms with Gasteiger partial charge in [0, 0.05) is 18.3 Å². The second kappa shape index (κ2) is 10.1. The molecular formula is C20H27F3N4O4. The Morgan fingerprint density at radius 2 is 1.94 bits per heavy atom. The zero-order valence-corrected chi connectivity index (χ0v) is 17.7. The highest BCUT2D eigenvalue weighted by atomic mass is 19.4. The number of piperidine rings is 1. The lowest BCUT2D eigenvalue weighted by atomic mass is 9.91. The highest BCUT2D eigenvalue weighted by Gasteiger charge is 2.39. The zero-order chi connectivity index (χ0) is 23.2. The summed E-state index contributed by atoms with van der Waals surface area (Å²) in [5, 5.41) is 4.51. The first-order chi connectivity index (χ1) is 14.4. The van der Waals surface area contributed by atoms with Crippen molar-refractivity contribution in [2.45, 2.75) is 38.4 Å². The number of nitrogens with zero attached hydrogens (tertiary/aromatic N) is 2. The van der Waals surface area contributed by atoms with Crippen LogP contribution in [0.1, 0.15) is 37.0 Å². The lowest BCUT2D eigenvalue weighted by molar-refractivity contribution is -0.143. The minimum atomic E-state index is -4.48. The number of hydrogen-bond donors (Lipinski definition) is 2. The van der Waals surface area contributed by atoms with Crippen LogP contribution in [-0.4, -0.2) is 72.5 Å². The van der Waals surface area contributed by atoms with Crippen molar-refractivity contribution in [3.05, 3.63) is 24.0 Å². The minimum Gasteiger partial charge on any atom is -0.495 e. The van der Waals surface area contributed by atoms with E-state index < -0.39 is 36.0 Å². The Labute approximate surface area is 178 Å². The Balaban J connectivity index is 1.94. The van der Waals surface area contributed by atoms with Crippen molar-refractivity contribution < 1.29 is 32.3 Å². The van der Waals surface area contributed by atoms with E-state index in [2.05, 4.69) is 10.3 Å². The van der Waals surface area contributed by atoms with E-state index in [0.29, 0.717) is 25.1 Å². The second-order valence-corrected chi connectivity index (χ2v) is 7.90. The molecule has 0 unspecified atom stereocenters. The third-order valence-corrected chi connectivity index (χ3v) is 5.28. The van der Waals surface area contributed by atoms with Crippen molar-refractivity contribution in [3.8, 4) is 5.75 Å². The maximum Gasteiger partial charge on any atom is 0.405 e. The fourth-order valence-electron chi connectivity index (χ4n) is 3.34. The minimum absolute atomic E-state index is 0.151. The van der Waals surface area contributed by atoms with Gasteiger partial charge in [0.15, 0.2) is 5.78 Å². The average molecular weight is 444 g/mol. The van der Waals surface area contributed by atoms with Gasteiger partial charge in [-0.1, -0.05) is 0 Å². The summed E-state index contributed by atoms with van der Waals surface area (Å²) < 4.78 is 42.1. The number of carbonyl (C=O) groups excluding carboxylic acids is 3. The molecule has 31 heavy (non-hydrogen) atoms. The van der Waals surface area contributed by atoms with Gasteiger partial charge in [0.2, 0.25) is 11.8 Å². The summed E-state index contributed by atoms with van der Waals surface area (Å²) in [6.45, 7) is 2.33. The van der Waals surface area contributed by atoms with Crippen molar-refractivity contribution in [1.29, 1.82) is 0 Å². The topological polar surface area (TPSA) is 101 Å². The number of amides is 2. The van der Waals surface area contributed by atoms with Crippen LogP contribution in [0, 0.1) is 5.92 Å². The molecule has 11 heteroatoms. The number of halogens is 3. The van der Waals surface area contributed by atoms with E-state index in [4.69, 9.17) is 4.74 Å². The van der Waals surface area contributed by atoms with E-state index in [1.54, 1.807) is 18.7 Å². The van der Waals surface area contributed by atoms with Crippen molar-refractivity contribution in [2.24, 2.45) is 5.92 Å². The molecular weight excluding hydrogens is 417 g/mol. The molecule has 2 amide bonds. The molecule has 2 heterocycles. The Bertz CT molecular complexity index is 814. The maximum atomic E-state index is 12.8. The molecule has 1 aromatic rings. The van der Waals surface area contributed by atoms with E-state index in [1.807, 2.05) is 5.32 Å². The van der Waals surface area contributed by atoms with Gasteiger partial charge in [-0.2, -0.15) is 13.2 Å². The molecule has 1 aliphatic heterocycles. The molecule has 172 valence electrons. The predicted molar refractivity (Wildman–Crippen MR) is 106 cm³/mol. The monoisotopic (exact) mass is 444 g/mol. The van der Waals surface area contributed by atoms with Gasteiger partial charge in [0.05, 0.1) is 31.3 Å². The number of Topliss-reactive ketones (excluding diaryl/α,β-unsaturated/α-hetero) is 1. The second-order valence-electron chi connectivity index (χ2n) is 7.90. The Kier molecular flexibility index (Phi) is 7.99. The highest BCUT2D eigenvalue weighted by Crippen LogP contribution is 2.25. The molecule has 1 aliphatic rings. The molecule has 2 N–H and O–H groups in total. The smallest absolute Gasteiger partial charge is 0.405 e. The number of likely N-dealkylation sites (tertiary alicyclic amines) is 1. The molecule has 8 nitrogen and oxygen atoms in total. The molecule has 0 radical (unpaired) electrons. The average Bonchev–Trinajstić information content (AvgIpc) is 2.75. The first-order valence-corrected chi connectivity index (χ1v) is 9.84. The Hall–Kier alpha value is -2.69. The van der Waals surface area contributed by atoms with Gasteiger partial charge in [0.1, 0.15) is 12.3 Å². The van der Waals surface area contributed by atoms with Gasteiger partial charge in [-0.15, -0.1) is 0 Å². The van der Waals surface area contributed by atoms with Gasteiger partial charge in [-0.05, 0) is 39.3 Å². The van der Waals surface area contributed by atoms with Crippen molar-refractivity contribution in [3.63, 3.8) is 0 Å². The van der Waals surface area contributed by atoms with Crippen LogP contribution in [0.15, 0.2) is 18.5 Å². The van der Waals surface area contributed by atoms with Crippen LogP contribution in [-0.2, 0) is 9.59 Å². The van der Waals surface area contributed by atoms with Crippen molar-refractivity contribution in [1.82, 2.24) is 20.5 Å². The molecule has 1 aromatic heterocycles. The summed E-state index contributed by atoms with van der Waals surface area (Å²) in [7, 11) is 1.45. The van der Waals surface area contributed by atoms with Gasteiger partial charge >= 0.3 is 6.18 Å². The normalized spacial score (nSPS) is 17.7. The quantitative estimate of drug-likeness (QED) is 0.591. The lowest BCUT2D eigenvalue weighted by Crippen LogP contribution is -2.59. The summed E-state index contributed by atoms with van der Waals surface area (Å²) in [4.78, 5) is 42.9. The van der Waals surface area contributed by atoms with E-state index in [0.717, 1.165) is 0 Å². The maximum absolute atomic E-state index is 12.8. The van der Waals surface area contributed by atoms with Gasteiger partial charge in [-0.3, -0.25) is 24.3 Å². The Morgan fingerprint density at radius 1 is 1.23 bits per heavy atom. The zero-order valence-electron chi connectivity index (χ0n) is 17.7. The number of ketones is 1. The largest absolute Gasteiger partial charge is 0.495 e. The fourth-order valence-corrected chi connectivity index (χ4v) is 3.34. The summed E-state index contributed by atoms with van der Waals surface area (Å²) >= 11 is 0. The van der Waals surface area contributed by atoms with Crippen LogP contribution >= 0.6 is 0 Å². The van der Waals surface area contributed by atoms with Crippen LogP contribution in [0.2, 0.25) is 0 Å². The molecule has 1 fully saturated rings. The van der Waals surface area contributed by atoms with E-state index >= 15 is 0 Å². The lowest BCUT2D eigenvalue weighted by Gasteiger charge is -2.42. The van der Waals surface area contributed by atoms with Gasteiger partial charge in [0.25, 0.3) is 0 Å². The van der Waals surface area contributed by atoms with Crippen LogP contribution < -0.4 is 15.4 Å². The number of carbonyl (C=O) groups is 3. The molecule has 0 bridgehead atoms. The molecule has 0 spiro atoms. The first-order valence-electron chi connectivity index (χ1n) is 9.84. The number of ether oxygens (including phenoxy) is 1. The van der Waals surface area contributed by atoms with Crippen LogP contribution in [0.25, 0.3) is 0 Å². The number of methoxy groups -OCH3 is 1. The summed E-state index contributed by atoms with van der Waals surface area (Å²) in [6.07, 6.45) is -0.643. The number of nitrogens with one attached hydrogen (secondary N) is 2.